The van der Waals surface area contributed by atoms with Crippen LogP contribution in [0.4, 0.5) is 0 Å². The van der Waals surface area contributed by atoms with Crippen LogP contribution in [-0.4, -0.2) is 44.0 Å². The Bertz CT molecular complexity index is 925. The van der Waals surface area contributed by atoms with Crippen LogP contribution < -0.4 is 0 Å². The molecule has 7 nitrogen and oxygen atoms in total. The van der Waals surface area contributed by atoms with Gasteiger partial charge in [-0.2, -0.15) is 4.98 Å². The van der Waals surface area contributed by atoms with Crippen molar-refractivity contribution in [3.8, 4) is 11.6 Å². The number of hydrogen-bond donors (Lipinski definition) is 0. The fraction of sp³-hybridized carbons (Fsp3) is 0.188. The van der Waals surface area contributed by atoms with Crippen molar-refractivity contribution >= 4 is 29.1 Å². The first-order valence-electron chi connectivity index (χ1n) is 7.47. The molecular formula is C16H11Cl2N5O2. The average Bonchev–Trinajstić information content (AvgIpc) is 3.04. The van der Waals surface area contributed by atoms with E-state index >= 15 is 0 Å². The number of hydrogen-bond acceptors (Lipinski definition) is 6. The van der Waals surface area contributed by atoms with Crippen molar-refractivity contribution in [3.63, 3.8) is 0 Å². The van der Waals surface area contributed by atoms with Crippen LogP contribution in [0.3, 0.4) is 0 Å². The molecule has 1 aliphatic rings. The predicted molar refractivity (Wildman–Crippen MR) is 90.4 cm³/mol. The lowest BCUT2D eigenvalue weighted by molar-refractivity contribution is 0.0569. The molecule has 126 valence electrons. The minimum atomic E-state index is -0.149. The highest BCUT2D eigenvalue weighted by Gasteiger charge is 2.36. The number of likely N-dealkylation sites (tertiary alicyclic amines) is 1. The van der Waals surface area contributed by atoms with Crippen LogP contribution >= 0.6 is 23.2 Å². The molecule has 0 unspecified atom stereocenters. The maximum atomic E-state index is 12.5. The first kappa shape index (κ1) is 16.0. The van der Waals surface area contributed by atoms with Crippen molar-refractivity contribution in [2.75, 3.05) is 13.1 Å². The van der Waals surface area contributed by atoms with Gasteiger partial charge in [0.15, 0.2) is 0 Å². The summed E-state index contributed by atoms with van der Waals surface area (Å²) in [6.07, 6.45) is 3.22. The Kier molecular flexibility index (Phi) is 4.10. The second-order valence-corrected chi connectivity index (χ2v) is 6.40. The predicted octanol–water partition coefficient (Wildman–Crippen LogP) is 3.07. The molecule has 3 aromatic rings. The van der Waals surface area contributed by atoms with Crippen LogP contribution in [0.25, 0.3) is 11.6 Å². The fourth-order valence-corrected chi connectivity index (χ4v) is 3.03. The standard InChI is InChI=1S/C16H11Cl2N5O2/c17-10-2-3-11(12(18)6-10)16(24)23-7-9(8-23)15-21-14(22-25-15)13-19-4-1-5-20-13/h1-6,9H,7-8H2. The van der Waals surface area contributed by atoms with Gasteiger partial charge in [-0.05, 0) is 24.3 Å². The van der Waals surface area contributed by atoms with E-state index in [0.717, 1.165) is 0 Å². The Balaban J connectivity index is 1.44. The Morgan fingerprint density at radius 3 is 2.64 bits per heavy atom. The summed E-state index contributed by atoms with van der Waals surface area (Å²) < 4.78 is 5.27. The summed E-state index contributed by atoms with van der Waals surface area (Å²) in [6, 6.07) is 6.53. The third-order valence-corrected chi connectivity index (χ3v) is 4.43. The van der Waals surface area contributed by atoms with Crippen molar-refractivity contribution in [2.45, 2.75) is 5.92 Å². The molecule has 0 spiro atoms. The zero-order chi connectivity index (χ0) is 17.4. The summed E-state index contributed by atoms with van der Waals surface area (Å²) in [5.74, 6) is 1.04. The number of amides is 1. The first-order chi connectivity index (χ1) is 12.1. The van der Waals surface area contributed by atoms with Crippen LogP contribution in [0.5, 0.6) is 0 Å². The quantitative estimate of drug-likeness (QED) is 0.699. The molecule has 9 heteroatoms. The van der Waals surface area contributed by atoms with E-state index in [1.165, 1.54) is 0 Å². The van der Waals surface area contributed by atoms with E-state index in [9.17, 15) is 4.79 Å². The van der Waals surface area contributed by atoms with Crippen molar-refractivity contribution in [2.24, 2.45) is 0 Å². The molecule has 25 heavy (non-hydrogen) atoms. The molecule has 3 heterocycles. The van der Waals surface area contributed by atoms with Gasteiger partial charge >= 0.3 is 0 Å². The van der Waals surface area contributed by atoms with Gasteiger partial charge in [-0.15, -0.1) is 0 Å². The number of halogens is 2. The third-order valence-electron chi connectivity index (χ3n) is 3.89. The number of carbonyl (C=O) groups is 1. The number of nitrogens with zero attached hydrogens (tertiary/aromatic N) is 5. The molecule has 4 rings (SSSR count). The molecule has 1 saturated heterocycles. The van der Waals surface area contributed by atoms with Gasteiger partial charge in [0.1, 0.15) is 0 Å². The topological polar surface area (TPSA) is 85.0 Å². The van der Waals surface area contributed by atoms with Crippen molar-refractivity contribution in [1.29, 1.82) is 0 Å². The van der Waals surface area contributed by atoms with E-state index in [0.29, 0.717) is 46.2 Å². The minimum Gasteiger partial charge on any atom is -0.338 e. The summed E-state index contributed by atoms with van der Waals surface area (Å²) in [5.41, 5.74) is 0.424. The van der Waals surface area contributed by atoms with Crippen LogP contribution in [0.1, 0.15) is 22.2 Å². The van der Waals surface area contributed by atoms with Crippen LogP contribution in [0, 0.1) is 0 Å². The maximum Gasteiger partial charge on any atom is 0.255 e. The average molecular weight is 376 g/mol. The second-order valence-electron chi connectivity index (χ2n) is 5.56. The molecule has 0 bridgehead atoms. The van der Waals surface area contributed by atoms with E-state index in [1.54, 1.807) is 41.6 Å². The fourth-order valence-electron chi connectivity index (χ4n) is 2.54. The summed E-state index contributed by atoms with van der Waals surface area (Å²) in [7, 11) is 0. The largest absolute Gasteiger partial charge is 0.338 e. The van der Waals surface area contributed by atoms with Gasteiger partial charge in [-0.3, -0.25) is 4.79 Å². The molecule has 0 aliphatic carbocycles. The molecule has 0 atom stereocenters. The molecule has 0 N–H and O–H groups in total. The second kappa shape index (κ2) is 6.42. The van der Waals surface area contributed by atoms with Gasteiger partial charge in [-0.25, -0.2) is 9.97 Å². The molecule has 1 amide bonds. The lowest BCUT2D eigenvalue weighted by Crippen LogP contribution is -2.48. The summed E-state index contributed by atoms with van der Waals surface area (Å²) in [5, 5.41) is 4.72. The third kappa shape index (κ3) is 3.08. The van der Waals surface area contributed by atoms with E-state index < -0.39 is 0 Å². The molecule has 0 saturated carbocycles. The van der Waals surface area contributed by atoms with Crippen molar-refractivity contribution < 1.29 is 9.32 Å². The molecule has 1 fully saturated rings. The smallest absolute Gasteiger partial charge is 0.255 e. The van der Waals surface area contributed by atoms with Gasteiger partial charge in [0.25, 0.3) is 5.91 Å². The Morgan fingerprint density at radius 2 is 1.92 bits per heavy atom. The monoisotopic (exact) mass is 375 g/mol. The lowest BCUT2D eigenvalue weighted by Gasteiger charge is -2.37. The molecular weight excluding hydrogens is 365 g/mol. The first-order valence-corrected chi connectivity index (χ1v) is 8.23. The van der Waals surface area contributed by atoms with Gasteiger partial charge in [-0.1, -0.05) is 28.4 Å². The van der Waals surface area contributed by atoms with Gasteiger partial charge in [0, 0.05) is 30.5 Å². The van der Waals surface area contributed by atoms with E-state index in [-0.39, 0.29) is 11.8 Å². The zero-order valence-electron chi connectivity index (χ0n) is 12.8. The van der Waals surface area contributed by atoms with Crippen LogP contribution in [-0.2, 0) is 0 Å². The Morgan fingerprint density at radius 1 is 1.16 bits per heavy atom. The zero-order valence-corrected chi connectivity index (χ0v) is 14.3. The normalized spacial score (nSPS) is 14.4. The van der Waals surface area contributed by atoms with E-state index in [4.69, 9.17) is 27.7 Å². The highest BCUT2D eigenvalue weighted by atomic mass is 35.5. The molecule has 2 aromatic heterocycles. The summed E-state index contributed by atoms with van der Waals surface area (Å²) in [4.78, 5) is 26.6. The van der Waals surface area contributed by atoms with Gasteiger partial charge in [0.05, 0.1) is 16.5 Å². The van der Waals surface area contributed by atoms with E-state index in [1.807, 2.05) is 0 Å². The Labute approximate surface area is 152 Å². The molecule has 1 aromatic carbocycles. The summed E-state index contributed by atoms with van der Waals surface area (Å²) in [6.45, 7) is 0.962. The molecule has 0 radical (unpaired) electrons. The van der Waals surface area contributed by atoms with Gasteiger partial charge < -0.3 is 9.42 Å². The summed E-state index contributed by atoms with van der Waals surface area (Å²) >= 11 is 11.9. The highest BCUT2D eigenvalue weighted by molar-refractivity contribution is 6.36. The minimum absolute atomic E-state index is 0.0139. The molecule has 1 aliphatic heterocycles. The van der Waals surface area contributed by atoms with Crippen molar-refractivity contribution in [1.82, 2.24) is 25.0 Å². The number of rotatable bonds is 3. The Hall–Kier alpha value is -2.51. The number of benzene rings is 1. The van der Waals surface area contributed by atoms with Crippen LogP contribution in [0.2, 0.25) is 10.0 Å². The number of carbonyl (C=O) groups excluding carboxylic acids is 1. The van der Waals surface area contributed by atoms with Crippen molar-refractivity contribution in [3.05, 3.63) is 58.2 Å². The van der Waals surface area contributed by atoms with Gasteiger partial charge in [0.2, 0.25) is 17.5 Å². The van der Waals surface area contributed by atoms with Crippen LogP contribution in [0.15, 0.2) is 41.2 Å². The maximum absolute atomic E-state index is 12.5. The SMILES string of the molecule is O=C(c1ccc(Cl)cc1Cl)N1CC(c2nc(-c3ncccn3)no2)C1. The lowest BCUT2D eigenvalue weighted by atomic mass is 9.99. The number of aromatic nitrogens is 4. The van der Waals surface area contributed by atoms with E-state index in [2.05, 4.69) is 20.1 Å². The highest BCUT2D eigenvalue weighted by Crippen LogP contribution is 2.30.